The van der Waals surface area contributed by atoms with Crippen molar-refractivity contribution < 1.29 is 13.5 Å². The first kappa shape index (κ1) is 19.6. The van der Waals surface area contributed by atoms with Crippen molar-refractivity contribution in [2.75, 3.05) is 13.2 Å². The van der Waals surface area contributed by atoms with Crippen molar-refractivity contribution in [2.45, 2.75) is 18.4 Å². The molecule has 2 aromatic carbocycles. The molecule has 0 aliphatic rings. The molecule has 4 rings (SSSR count). The van der Waals surface area contributed by atoms with E-state index in [0.29, 0.717) is 16.6 Å². The van der Waals surface area contributed by atoms with Gasteiger partial charge in [-0.1, -0.05) is 18.2 Å². The van der Waals surface area contributed by atoms with Crippen molar-refractivity contribution in [3.63, 3.8) is 0 Å². The zero-order valence-corrected chi connectivity index (χ0v) is 17.1. The molecule has 0 radical (unpaired) electrons. The van der Waals surface area contributed by atoms with Crippen LogP contribution in [0.5, 0.6) is 0 Å². The molecule has 0 saturated carbocycles. The first-order chi connectivity index (χ1) is 13.9. The Kier molecular flexibility index (Phi) is 5.17. The summed E-state index contributed by atoms with van der Waals surface area (Å²) in [6.45, 7) is 1.22. The van der Waals surface area contributed by atoms with Crippen molar-refractivity contribution in [2.24, 2.45) is 0 Å². The molecule has 0 fully saturated rings. The minimum Gasteiger partial charge on any atom is -0.395 e. The molecule has 2 N–H and O–H groups in total. The number of hydrogen-bond acceptors (Lipinski definition) is 7. The highest BCUT2D eigenvalue weighted by molar-refractivity contribution is 7.89. The van der Waals surface area contributed by atoms with Crippen molar-refractivity contribution in [3.8, 4) is 0 Å². The monoisotopic (exact) mass is 430 g/mol. The second-order valence-corrected chi connectivity index (χ2v) is 9.10. The van der Waals surface area contributed by atoms with Crippen molar-refractivity contribution >= 4 is 43.7 Å². The van der Waals surface area contributed by atoms with Gasteiger partial charge in [-0.05, 0) is 42.1 Å². The van der Waals surface area contributed by atoms with Crippen LogP contribution in [0.1, 0.15) is 11.1 Å². The number of sulfonamides is 1. The molecular weight excluding hydrogens is 412 g/mol. The molecule has 0 spiro atoms. The third kappa shape index (κ3) is 3.67. The van der Waals surface area contributed by atoms with Crippen molar-refractivity contribution in [3.05, 3.63) is 63.9 Å². The van der Waals surface area contributed by atoms with Crippen LogP contribution >= 0.6 is 11.7 Å². The summed E-state index contributed by atoms with van der Waals surface area (Å²) in [5, 5.41) is 10.3. The maximum atomic E-state index is 13.3. The zero-order valence-electron chi connectivity index (χ0n) is 15.5. The molecule has 0 saturated heterocycles. The number of aromatic amines is 1. The van der Waals surface area contributed by atoms with Gasteiger partial charge < -0.3 is 10.1 Å². The average molecular weight is 431 g/mol. The Balaban J connectivity index is 1.78. The lowest BCUT2D eigenvalue weighted by Gasteiger charge is -2.21. The predicted octanol–water partition coefficient (Wildman–Crippen LogP) is 2.02. The average Bonchev–Trinajstić information content (AvgIpc) is 3.17. The van der Waals surface area contributed by atoms with Gasteiger partial charge >= 0.3 is 0 Å². The number of aromatic nitrogens is 3. The quantitative estimate of drug-likeness (QED) is 0.483. The lowest BCUT2D eigenvalue weighted by molar-refractivity contribution is 0.251. The number of fused-ring (bicyclic) bond motifs is 2. The van der Waals surface area contributed by atoms with Crippen LogP contribution in [0.25, 0.3) is 21.9 Å². The van der Waals surface area contributed by atoms with Gasteiger partial charge in [0.15, 0.2) is 0 Å². The van der Waals surface area contributed by atoms with E-state index in [1.54, 1.807) is 18.2 Å². The van der Waals surface area contributed by atoms with Gasteiger partial charge in [-0.3, -0.25) is 4.79 Å². The van der Waals surface area contributed by atoms with Crippen molar-refractivity contribution in [1.29, 1.82) is 0 Å². The summed E-state index contributed by atoms with van der Waals surface area (Å²) in [7, 11) is -4.01. The van der Waals surface area contributed by atoms with Gasteiger partial charge in [-0.2, -0.15) is 13.1 Å². The third-order valence-electron chi connectivity index (χ3n) is 4.64. The Hall–Kier alpha value is -2.66. The van der Waals surface area contributed by atoms with E-state index in [0.717, 1.165) is 27.0 Å². The number of aryl methyl sites for hydroxylation is 1. The Morgan fingerprint density at radius 2 is 2.00 bits per heavy atom. The van der Waals surface area contributed by atoms with Gasteiger partial charge in [-0.25, -0.2) is 8.42 Å². The molecule has 2 aromatic heterocycles. The Bertz CT molecular complexity index is 1360. The Morgan fingerprint density at radius 3 is 2.79 bits per heavy atom. The molecule has 8 nitrogen and oxygen atoms in total. The van der Waals surface area contributed by atoms with Crippen LogP contribution in [-0.2, 0) is 16.6 Å². The van der Waals surface area contributed by atoms with Crippen LogP contribution in [0.3, 0.4) is 0 Å². The Labute approximate surface area is 170 Å². The first-order valence-corrected chi connectivity index (χ1v) is 11.0. The summed E-state index contributed by atoms with van der Waals surface area (Å²) >= 11 is 0.930. The number of pyridine rings is 1. The van der Waals surface area contributed by atoms with Gasteiger partial charge in [0.1, 0.15) is 15.9 Å². The van der Waals surface area contributed by atoms with E-state index < -0.39 is 10.0 Å². The summed E-state index contributed by atoms with van der Waals surface area (Å²) < 4.78 is 35.9. The van der Waals surface area contributed by atoms with E-state index in [9.17, 15) is 18.3 Å². The van der Waals surface area contributed by atoms with Crippen LogP contribution in [0.15, 0.2) is 52.2 Å². The van der Waals surface area contributed by atoms with E-state index >= 15 is 0 Å². The van der Waals surface area contributed by atoms with E-state index in [-0.39, 0.29) is 35.7 Å². The van der Waals surface area contributed by atoms with Gasteiger partial charge in [0.2, 0.25) is 10.0 Å². The molecule has 0 aliphatic carbocycles. The largest absolute Gasteiger partial charge is 0.395 e. The lowest BCUT2D eigenvalue weighted by Crippen LogP contribution is -2.35. The van der Waals surface area contributed by atoms with E-state index in [4.69, 9.17) is 0 Å². The van der Waals surface area contributed by atoms with Crippen LogP contribution in [0.2, 0.25) is 0 Å². The summed E-state index contributed by atoms with van der Waals surface area (Å²) in [5.41, 5.74) is 2.39. The highest BCUT2D eigenvalue weighted by Crippen LogP contribution is 2.25. The maximum Gasteiger partial charge on any atom is 0.252 e. The standard InChI is InChI=1S/C19H18N4O4S2/c1-12-5-6-13-10-14(19(25)20-16(13)9-12)11-23(7-8-24)29(26,27)17-4-2-3-15-18(17)22-28-21-15/h2-6,9-10,24H,7-8,11H2,1H3,(H,20,25). The number of nitrogens with one attached hydrogen (secondary N) is 1. The molecule has 29 heavy (non-hydrogen) atoms. The number of rotatable bonds is 6. The molecule has 0 unspecified atom stereocenters. The number of benzene rings is 2. The minimum atomic E-state index is -4.01. The highest BCUT2D eigenvalue weighted by Gasteiger charge is 2.28. The molecule has 150 valence electrons. The fourth-order valence-corrected chi connectivity index (χ4v) is 5.35. The van der Waals surface area contributed by atoms with Gasteiger partial charge in [0, 0.05) is 24.2 Å². The van der Waals surface area contributed by atoms with Crippen LogP contribution in [-0.4, -0.2) is 44.7 Å². The third-order valence-corrected chi connectivity index (χ3v) is 7.06. The summed E-state index contributed by atoms with van der Waals surface area (Å²) in [4.78, 5) is 15.4. The predicted molar refractivity (Wildman–Crippen MR) is 111 cm³/mol. The normalized spacial score (nSPS) is 12.2. The SMILES string of the molecule is Cc1ccc2cc(CN(CCO)S(=O)(=O)c3cccc4nsnc34)c(=O)[nH]c2c1. The van der Waals surface area contributed by atoms with Crippen LogP contribution < -0.4 is 5.56 Å². The van der Waals surface area contributed by atoms with E-state index in [2.05, 4.69) is 13.7 Å². The van der Waals surface area contributed by atoms with E-state index in [1.165, 1.54) is 6.07 Å². The van der Waals surface area contributed by atoms with Gasteiger partial charge in [-0.15, -0.1) is 0 Å². The number of H-pyrrole nitrogens is 1. The summed E-state index contributed by atoms with van der Waals surface area (Å²) in [6, 6.07) is 12.1. The van der Waals surface area contributed by atoms with Crippen molar-refractivity contribution in [1.82, 2.24) is 18.0 Å². The second-order valence-electron chi connectivity index (χ2n) is 6.66. The number of aliphatic hydroxyl groups is 1. The number of hydrogen-bond donors (Lipinski definition) is 2. The number of nitrogens with zero attached hydrogens (tertiary/aromatic N) is 3. The lowest BCUT2D eigenvalue weighted by atomic mass is 10.1. The van der Waals surface area contributed by atoms with E-state index in [1.807, 2.05) is 25.1 Å². The second kappa shape index (κ2) is 7.64. The van der Waals surface area contributed by atoms with Crippen LogP contribution in [0.4, 0.5) is 0 Å². The molecule has 4 aromatic rings. The maximum absolute atomic E-state index is 13.3. The molecule has 0 bridgehead atoms. The topological polar surface area (TPSA) is 116 Å². The van der Waals surface area contributed by atoms with Gasteiger partial charge in [0.25, 0.3) is 5.56 Å². The minimum absolute atomic E-state index is 0.00467. The first-order valence-electron chi connectivity index (χ1n) is 8.85. The van der Waals surface area contributed by atoms with Gasteiger partial charge in [0.05, 0.1) is 18.3 Å². The molecule has 0 amide bonds. The summed E-state index contributed by atoms with van der Waals surface area (Å²) in [5.74, 6) is 0. The highest BCUT2D eigenvalue weighted by atomic mass is 32.2. The molecule has 0 aliphatic heterocycles. The molecule has 2 heterocycles. The zero-order chi connectivity index (χ0) is 20.6. The molecular formula is C19H18N4O4S2. The molecule has 0 atom stereocenters. The Morgan fingerprint density at radius 1 is 1.17 bits per heavy atom. The number of aliphatic hydroxyl groups excluding tert-OH is 1. The summed E-state index contributed by atoms with van der Waals surface area (Å²) in [6.07, 6.45) is 0. The van der Waals surface area contributed by atoms with Crippen LogP contribution in [0, 0.1) is 6.92 Å². The smallest absolute Gasteiger partial charge is 0.252 e. The molecule has 10 heteroatoms. The fourth-order valence-electron chi connectivity index (χ4n) is 3.19. The fraction of sp³-hybridized carbons (Fsp3) is 0.211.